The highest BCUT2D eigenvalue weighted by Crippen LogP contribution is 2.35. The molecular weight excluding hydrogens is 425 g/mol. The summed E-state index contributed by atoms with van der Waals surface area (Å²) in [6.45, 7) is 2.37. The quantitative estimate of drug-likeness (QED) is 0.618. The fraction of sp³-hybridized carbons (Fsp3) is 0.389. The first-order valence-electron chi connectivity index (χ1n) is 8.92. The molecule has 1 atom stereocenters. The normalized spacial score (nSPS) is 19.5. The summed E-state index contributed by atoms with van der Waals surface area (Å²) in [4.78, 5) is 10.7. The van der Waals surface area contributed by atoms with E-state index in [4.69, 9.17) is 23.2 Å². The molecule has 1 aliphatic rings. The number of nitrogens with one attached hydrogen (secondary N) is 1. The molecule has 1 fully saturated rings. The van der Waals surface area contributed by atoms with Gasteiger partial charge in [-0.1, -0.05) is 23.2 Å². The lowest BCUT2D eigenvalue weighted by Gasteiger charge is -2.22. The van der Waals surface area contributed by atoms with Gasteiger partial charge in [0, 0.05) is 24.7 Å². The Morgan fingerprint density at radius 3 is 2.79 bits per heavy atom. The third kappa shape index (κ3) is 4.22. The molecule has 1 aromatic carbocycles. The molecule has 2 aromatic heterocycles. The van der Waals surface area contributed by atoms with Crippen molar-refractivity contribution in [2.45, 2.75) is 31.9 Å². The lowest BCUT2D eigenvalue weighted by atomic mass is 10.1. The van der Waals surface area contributed by atoms with Crippen LogP contribution in [0.2, 0.25) is 10.2 Å². The van der Waals surface area contributed by atoms with Crippen molar-refractivity contribution in [1.82, 2.24) is 19.7 Å². The number of benzene rings is 1. The molecule has 3 heterocycles. The van der Waals surface area contributed by atoms with E-state index in [1.54, 1.807) is 19.2 Å². The van der Waals surface area contributed by atoms with Crippen LogP contribution in [0.1, 0.15) is 13.3 Å². The van der Waals surface area contributed by atoms with Crippen molar-refractivity contribution >= 4 is 51.4 Å². The molecule has 0 aliphatic carbocycles. The summed E-state index contributed by atoms with van der Waals surface area (Å²) in [6.07, 6.45) is 1.04. The molecule has 11 heteroatoms. The molecule has 2 N–H and O–H groups in total. The number of aromatic nitrogens is 4. The first kappa shape index (κ1) is 20.1. The fourth-order valence-electron chi connectivity index (χ4n) is 3.33. The van der Waals surface area contributed by atoms with Crippen LogP contribution >= 0.6 is 23.2 Å². The number of alkyl halides is 2. The van der Waals surface area contributed by atoms with Crippen LogP contribution in [0, 0.1) is 0 Å². The first-order valence-corrected chi connectivity index (χ1v) is 9.67. The van der Waals surface area contributed by atoms with Crippen LogP contribution in [0.4, 0.5) is 26.1 Å². The summed E-state index contributed by atoms with van der Waals surface area (Å²) in [5, 5.41) is 18.3. The van der Waals surface area contributed by atoms with Crippen molar-refractivity contribution in [1.29, 1.82) is 0 Å². The van der Waals surface area contributed by atoms with Gasteiger partial charge in [-0.25, -0.2) is 23.4 Å². The van der Waals surface area contributed by atoms with Crippen LogP contribution in [0.5, 0.6) is 0 Å². The van der Waals surface area contributed by atoms with Gasteiger partial charge in [0.05, 0.1) is 33.7 Å². The molecule has 0 saturated carbocycles. The van der Waals surface area contributed by atoms with Crippen LogP contribution in [-0.2, 0) is 6.54 Å². The summed E-state index contributed by atoms with van der Waals surface area (Å²) in [5.74, 6) is 0.248. The second-order valence-corrected chi connectivity index (χ2v) is 8.04. The van der Waals surface area contributed by atoms with E-state index in [1.165, 1.54) is 6.20 Å². The van der Waals surface area contributed by atoms with Gasteiger partial charge >= 0.3 is 0 Å². The Hall–Kier alpha value is -2.23. The number of β-amino-alcohol motifs (C(OH)–C–C–N with tert-alkyl or cyclic N) is 1. The summed E-state index contributed by atoms with van der Waals surface area (Å²) < 4.78 is 26.1. The number of hydrogen-bond acceptors (Lipinski definition) is 6. The van der Waals surface area contributed by atoms with Crippen molar-refractivity contribution in [3.8, 4) is 0 Å². The summed E-state index contributed by atoms with van der Waals surface area (Å²) in [7, 11) is 0. The summed E-state index contributed by atoms with van der Waals surface area (Å²) in [6, 6.07) is 3.62. The molecular formula is C18H18Cl2F2N6O. The molecule has 7 nitrogen and oxygen atoms in total. The lowest BCUT2D eigenvalue weighted by molar-refractivity contribution is 0.0839. The van der Waals surface area contributed by atoms with Gasteiger partial charge in [-0.05, 0) is 25.5 Å². The van der Waals surface area contributed by atoms with Crippen LogP contribution in [0.25, 0.3) is 10.9 Å². The highest BCUT2D eigenvalue weighted by atomic mass is 35.5. The van der Waals surface area contributed by atoms with Crippen molar-refractivity contribution in [2.24, 2.45) is 0 Å². The number of fused-ring (bicyclic) bond motifs is 1. The second kappa shape index (κ2) is 7.55. The van der Waals surface area contributed by atoms with Gasteiger partial charge in [-0.3, -0.25) is 0 Å². The van der Waals surface area contributed by atoms with E-state index in [2.05, 4.69) is 20.4 Å². The predicted molar refractivity (Wildman–Crippen MR) is 109 cm³/mol. The maximum absolute atomic E-state index is 12.6. The minimum Gasteiger partial charge on any atom is -0.388 e. The Labute approximate surface area is 175 Å². The predicted octanol–water partition coefficient (Wildman–Crippen LogP) is 4.10. The number of anilines is 3. The maximum atomic E-state index is 12.6. The van der Waals surface area contributed by atoms with E-state index >= 15 is 0 Å². The minimum atomic E-state index is -2.56. The Morgan fingerprint density at radius 2 is 2.10 bits per heavy atom. The minimum absolute atomic E-state index is 0.0464. The molecule has 29 heavy (non-hydrogen) atoms. The highest BCUT2D eigenvalue weighted by Gasteiger charge is 2.32. The summed E-state index contributed by atoms with van der Waals surface area (Å²) in [5.41, 5.74) is 0.997. The molecule has 1 saturated heterocycles. The van der Waals surface area contributed by atoms with Crippen molar-refractivity contribution < 1.29 is 13.9 Å². The van der Waals surface area contributed by atoms with Crippen LogP contribution in [0.3, 0.4) is 0 Å². The van der Waals surface area contributed by atoms with Gasteiger partial charge in [-0.15, -0.1) is 0 Å². The monoisotopic (exact) mass is 442 g/mol. The number of aliphatic hydroxyl groups is 1. The van der Waals surface area contributed by atoms with Gasteiger partial charge in [0.1, 0.15) is 6.54 Å². The first-order chi connectivity index (χ1) is 13.7. The molecule has 0 amide bonds. The molecule has 1 unspecified atom stereocenters. The molecule has 4 rings (SSSR count). The third-order valence-corrected chi connectivity index (χ3v) is 5.47. The number of halogens is 4. The Morgan fingerprint density at radius 1 is 1.31 bits per heavy atom. The molecule has 154 valence electrons. The molecule has 0 radical (unpaired) electrons. The Bertz CT molecular complexity index is 1060. The van der Waals surface area contributed by atoms with Crippen molar-refractivity contribution in [2.75, 3.05) is 23.3 Å². The fourth-order valence-corrected chi connectivity index (χ4v) is 3.83. The van der Waals surface area contributed by atoms with Gasteiger partial charge in [0.15, 0.2) is 5.15 Å². The van der Waals surface area contributed by atoms with Gasteiger partial charge in [-0.2, -0.15) is 5.10 Å². The average Bonchev–Trinajstić information content (AvgIpc) is 3.17. The SMILES string of the molecule is CC1(O)CCN(c2cc3nc(Nc4cnn(CC(F)F)c4Cl)ncc3cc2Cl)C1. The van der Waals surface area contributed by atoms with E-state index in [0.29, 0.717) is 35.7 Å². The average molecular weight is 443 g/mol. The zero-order valence-corrected chi connectivity index (χ0v) is 16.9. The summed E-state index contributed by atoms with van der Waals surface area (Å²) >= 11 is 12.5. The van der Waals surface area contributed by atoms with Gasteiger partial charge < -0.3 is 15.3 Å². The molecule has 0 spiro atoms. The zero-order valence-electron chi connectivity index (χ0n) is 15.4. The zero-order chi connectivity index (χ0) is 20.8. The van der Waals surface area contributed by atoms with Crippen LogP contribution in [0.15, 0.2) is 24.5 Å². The number of nitrogens with zero attached hydrogens (tertiary/aromatic N) is 5. The highest BCUT2D eigenvalue weighted by molar-refractivity contribution is 6.34. The largest absolute Gasteiger partial charge is 0.388 e. The van der Waals surface area contributed by atoms with Crippen molar-refractivity contribution in [3.05, 3.63) is 34.7 Å². The van der Waals surface area contributed by atoms with Crippen LogP contribution in [-0.4, -0.2) is 50.0 Å². The van der Waals surface area contributed by atoms with E-state index in [1.807, 2.05) is 11.0 Å². The van der Waals surface area contributed by atoms with E-state index in [-0.39, 0.29) is 11.1 Å². The second-order valence-electron chi connectivity index (χ2n) is 7.27. The van der Waals surface area contributed by atoms with Gasteiger partial charge in [0.25, 0.3) is 6.43 Å². The smallest absolute Gasteiger partial charge is 0.257 e. The lowest BCUT2D eigenvalue weighted by Crippen LogP contribution is -2.29. The standard InChI is InChI=1S/C18H18Cl2F2N6O/c1-18(29)2-3-27(9-18)14-5-12-10(4-11(14)19)6-23-17(25-12)26-13-7-24-28(16(13)20)8-15(21)22/h4-7,15,29H,2-3,8-9H2,1H3,(H,23,25,26). The molecule has 1 aliphatic heterocycles. The number of hydrogen-bond donors (Lipinski definition) is 2. The van der Waals surface area contributed by atoms with Crippen LogP contribution < -0.4 is 10.2 Å². The number of rotatable bonds is 5. The van der Waals surface area contributed by atoms with E-state index in [0.717, 1.165) is 15.8 Å². The van der Waals surface area contributed by atoms with Crippen molar-refractivity contribution in [3.63, 3.8) is 0 Å². The molecule has 3 aromatic rings. The van der Waals surface area contributed by atoms with E-state index < -0.39 is 18.6 Å². The Kier molecular flexibility index (Phi) is 5.22. The van der Waals surface area contributed by atoms with E-state index in [9.17, 15) is 13.9 Å². The topological polar surface area (TPSA) is 79.1 Å². The third-order valence-electron chi connectivity index (χ3n) is 4.77. The molecule has 0 bridgehead atoms. The Balaban J connectivity index is 1.62. The maximum Gasteiger partial charge on any atom is 0.257 e. The van der Waals surface area contributed by atoms with Gasteiger partial charge in [0.2, 0.25) is 5.95 Å².